The molecule has 0 fully saturated rings. The molecule has 1 heteroatoms. The van der Waals surface area contributed by atoms with E-state index >= 15 is 0 Å². The van der Waals surface area contributed by atoms with E-state index in [1.54, 1.807) is 0 Å². The van der Waals surface area contributed by atoms with Crippen molar-refractivity contribution in [3.63, 3.8) is 0 Å². The van der Waals surface area contributed by atoms with Crippen LogP contribution in [0.3, 0.4) is 0 Å². The van der Waals surface area contributed by atoms with Gasteiger partial charge in [-0.15, -0.1) is 0 Å². The first kappa shape index (κ1) is 10.7. The van der Waals surface area contributed by atoms with Crippen LogP contribution in [0.2, 0.25) is 0 Å². The smallest absolute Gasteiger partial charge is 0.0991 e. The van der Waals surface area contributed by atoms with Gasteiger partial charge in [-0.25, -0.2) is 0 Å². The molecule has 0 atom stereocenters. The Balaban J connectivity index is 2.98. The second-order valence-corrected chi connectivity index (χ2v) is 4.37. The largest absolute Gasteiger partial charge is 0.192 e. The van der Waals surface area contributed by atoms with Crippen molar-refractivity contribution in [3.05, 3.63) is 46.0 Å². The molecule has 0 amide bonds. The van der Waals surface area contributed by atoms with Gasteiger partial charge in [-0.3, -0.25) is 0 Å². The summed E-state index contributed by atoms with van der Waals surface area (Å²) in [6.07, 6.45) is 0. The summed E-state index contributed by atoms with van der Waals surface area (Å²) < 4.78 is 0. The second kappa shape index (κ2) is 3.64. The Morgan fingerprint density at radius 1 is 0.812 bits per heavy atom. The fourth-order valence-corrected chi connectivity index (χ4v) is 2.22. The van der Waals surface area contributed by atoms with Gasteiger partial charge in [0, 0.05) is 0 Å². The molecule has 0 heterocycles. The van der Waals surface area contributed by atoms with Crippen LogP contribution in [0.25, 0.3) is 10.8 Å². The van der Waals surface area contributed by atoms with Crippen LogP contribution in [-0.4, -0.2) is 0 Å². The summed E-state index contributed by atoms with van der Waals surface area (Å²) in [4.78, 5) is 0. The summed E-state index contributed by atoms with van der Waals surface area (Å²) in [5, 5.41) is 11.4. The van der Waals surface area contributed by atoms with Gasteiger partial charge in [-0.1, -0.05) is 6.07 Å². The summed E-state index contributed by atoms with van der Waals surface area (Å²) in [7, 11) is 0. The third kappa shape index (κ3) is 1.39. The predicted octanol–water partition coefficient (Wildman–Crippen LogP) is 3.95. The molecule has 0 unspecified atom stereocenters. The monoisotopic (exact) mass is 209 g/mol. The summed E-state index contributed by atoms with van der Waals surface area (Å²) in [6.45, 7) is 8.59. The first-order valence-corrected chi connectivity index (χ1v) is 5.46. The average Bonchev–Trinajstić information content (AvgIpc) is 2.33. The van der Waals surface area contributed by atoms with E-state index in [0.717, 1.165) is 5.56 Å². The number of fused-ring (bicyclic) bond motifs is 1. The maximum Gasteiger partial charge on any atom is 0.0991 e. The number of hydrogen-bond acceptors (Lipinski definition) is 1. The Morgan fingerprint density at radius 2 is 1.38 bits per heavy atom. The summed E-state index contributed by atoms with van der Waals surface area (Å²) in [5.74, 6) is 0. The second-order valence-electron chi connectivity index (χ2n) is 4.37. The van der Waals surface area contributed by atoms with Crippen molar-refractivity contribution in [2.45, 2.75) is 27.7 Å². The third-order valence-corrected chi connectivity index (χ3v) is 3.64. The SMILES string of the molecule is Cc1c(C)c(C)c2cc(C#N)ccc2c1C. The van der Waals surface area contributed by atoms with Crippen LogP contribution in [-0.2, 0) is 0 Å². The topological polar surface area (TPSA) is 23.8 Å². The van der Waals surface area contributed by atoms with Crippen molar-refractivity contribution < 1.29 is 0 Å². The lowest BCUT2D eigenvalue weighted by molar-refractivity contribution is 1.25. The highest BCUT2D eigenvalue weighted by Gasteiger charge is 2.08. The lowest BCUT2D eigenvalue weighted by Crippen LogP contribution is -1.94. The number of rotatable bonds is 0. The standard InChI is InChI=1S/C15H15N/c1-9-10(2)12(4)15-7-13(8-16)5-6-14(15)11(9)3/h5-7H,1-4H3. The van der Waals surface area contributed by atoms with E-state index in [4.69, 9.17) is 5.26 Å². The van der Waals surface area contributed by atoms with Gasteiger partial charge in [0.25, 0.3) is 0 Å². The molecule has 0 radical (unpaired) electrons. The molecule has 1 nitrogen and oxygen atoms in total. The van der Waals surface area contributed by atoms with Crippen LogP contribution in [0.4, 0.5) is 0 Å². The first-order valence-electron chi connectivity index (χ1n) is 5.46. The van der Waals surface area contributed by atoms with E-state index in [9.17, 15) is 0 Å². The molecule has 2 aromatic carbocycles. The van der Waals surface area contributed by atoms with E-state index in [1.165, 1.54) is 33.0 Å². The van der Waals surface area contributed by atoms with Gasteiger partial charge >= 0.3 is 0 Å². The van der Waals surface area contributed by atoms with E-state index in [1.807, 2.05) is 12.1 Å². The molecular weight excluding hydrogens is 194 g/mol. The van der Waals surface area contributed by atoms with Crippen LogP contribution in [0.15, 0.2) is 18.2 Å². The van der Waals surface area contributed by atoms with Gasteiger partial charge in [0.1, 0.15) is 0 Å². The molecule has 0 saturated heterocycles. The number of nitrogens with zero attached hydrogens (tertiary/aromatic N) is 1. The molecule has 0 saturated carbocycles. The highest BCUT2D eigenvalue weighted by atomic mass is 14.2. The Labute approximate surface area is 96.3 Å². The molecule has 80 valence electrons. The van der Waals surface area contributed by atoms with Crippen molar-refractivity contribution in [2.24, 2.45) is 0 Å². The van der Waals surface area contributed by atoms with E-state index < -0.39 is 0 Å². The van der Waals surface area contributed by atoms with Crippen molar-refractivity contribution in [3.8, 4) is 6.07 Å². The Hall–Kier alpha value is -1.81. The molecule has 0 aliphatic carbocycles. The highest BCUT2D eigenvalue weighted by molar-refractivity contribution is 5.91. The number of benzene rings is 2. The van der Waals surface area contributed by atoms with E-state index in [0.29, 0.717) is 0 Å². The maximum absolute atomic E-state index is 8.93. The first-order chi connectivity index (χ1) is 7.56. The van der Waals surface area contributed by atoms with Gasteiger partial charge in [0.15, 0.2) is 0 Å². The minimum absolute atomic E-state index is 0.734. The number of hydrogen-bond donors (Lipinski definition) is 0. The van der Waals surface area contributed by atoms with Crippen molar-refractivity contribution in [1.29, 1.82) is 5.26 Å². The summed E-state index contributed by atoms with van der Waals surface area (Å²) in [6, 6.07) is 8.14. The van der Waals surface area contributed by atoms with Crippen LogP contribution < -0.4 is 0 Å². The summed E-state index contributed by atoms with van der Waals surface area (Å²) >= 11 is 0. The van der Waals surface area contributed by atoms with Crippen molar-refractivity contribution in [1.82, 2.24) is 0 Å². The molecule has 2 aromatic rings. The zero-order chi connectivity index (χ0) is 11.9. The zero-order valence-electron chi connectivity index (χ0n) is 10.2. The highest BCUT2D eigenvalue weighted by Crippen LogP contribution is 2.29. The average molecular weight is 209 g/mol. The van der Waals surface area contributed by atoms with Gasteiger partial charge in [-0.05, 0) is 72.9 Å². The lowest BCUT2D eigenvalue weighted by Gasteiger charge is -2.13. The summed E-state index contributed by atoms with van der Waals surface area (Å²) in [5.41, 5.74) is 6.03. The maximum atomic E-state index is 8.93. The Kier molecular flexibility index (Phi) is 2.44. The molecule has 0 aromatic heterocycles. The molecule has 0 aliphatic heterocycles. The Morgan fingerprint density at radius 3 is 1.94 bits per heavy atom. The number of nitriles is 1. The van der Waals surface area contributed by atoms with Gasteiger partial charge in [0.2, 0.25) is 0 Å². The molecule has 0 spiro atoms. The van der Waals surface area contributed by atoms with Crippen LogP contribution in [0.5, 0.6) is 0 Å². The van der Waals surface area contributed by atoms with Gasteiger partial charge < -0.3 is 0 Å². The van der Waals surface area contributed by atoms with Crippen molar-refractivity contribution in [2.75, 3.05) is 0 Å². The molecule has 0 N–H and O–H groups in total. The van der Waals surface area contributed by atoms with Crippen LogP contribution in [0, 0.1) is 39.0 Å². The molecule has 0 aliphatic rings. The van der Waals surface area contributed by atoms with Crippen LogP contribution >= 0.6 is 0 Å². The molecular formula is C15H15N. The van der Waals surface area contributed by atoms with E-state index in [-0.39, 0.29) is 0 Å². The fourth-order valence-electron chi connectivity index (χ4n) is 2.22. The van der Waals surface area contributed by atoms with Crippen LogP contribution in [0.1, 0.15) is 27.8 Å². The normalized spacial score (nSPS) is 10.4. The van der Waals surface area contributed by atoms with Gasteiger partial charge in [0.05, 0.1) is 11.6 Å². The number of aryl methyl sites for hydroxylation is 2. The lowest BCUT2D eigenvalue weighted by atomic mass is 9.91. The third-order valence-electron chi connectivity index (χ3n) is 3.64. The zero-order valence-corrected chi connectivity index (χ0v) is 10.2. The molecule has 2 rings (SSSR count). The van der Waals surface area contributed by atoms with Gasteiger partial charge in [-0.2, -0.15) is 5.26 Å². The minimum Gasteiger partial charge on any atom is -0.192 e. The molecule has 16 heavy (non-hydrogen) atoms. The van der Waals surface area contributed by atoms with Crippen molar-refractivity contribution >= 4 is 10.8 Å². The minimum atomic E-state index is 0.734. The van der Waals surface area contributed by atoms with E-state index in [2.05, 4.69) is 39.8 Å². The quantitative estimate of drug-likeness (QED) is 0.644. The predicted molar refractivity (Wildman–Crippen MR) is 67.6 cm³/mol. The molecule has 0 bridgehead atoms. The Bertz CT molecular complexity index is 616. The fraction of sp³-hybridized carbons (Fsp3) is 0.267.